The lowest BCUT2D eigenvalue weighted by molar-refractivity contribution is -0.117. The molecule has 6 heteroatoms. The summed E-state index contributed by atoms with van der Waals surface area (Å²) in [5.41, 5.74) is 2.41. The monoisotopic (exact) mass is 392 g/mol. The number of hydrogen-bond acceptors (Lipinski definition) is 2. The maximum Gasteiger partial charge on any atom is 0.226 e. The molecule has 2 aromatic rings. The van der Waals surface area contributed by atoms with Crippen LogP contribution in [-0.2, 0) is 9.59 Å². The van der Waals surface area contributed by atoms with Crippen molar-refractivity contribution in [2.24, 2.45) is 0 Å². The molecule has 0 spiro atoms. The topological polar surface area (TPSA) is 49.4 Å². The normalized spacial score (nSPS) is 10.7. The van der Waals surface area contributed by atoms with Crippen LogP contribution in [0.2, 0.25) is 10.0 Å². The van der Waals surface area contributed by atoms with Crippen LogP contribution in [0.1, 0.15) is 38.7 Å². The predicted molar refractivity (Wildman–Crippen MR) is 108 cm³/mol. The first-order valence-electron chi connectivity index (χ1n) is 8.41. The molecule has 0 fully saturated rings. The van der Waals surface area contributed by atoms with Crippen LogP contribution in [0.4, 0.5) is 11.4 Å². The first-order valence-corrected chi connectivity index (χ1v) is 9.17. The van der Waals surface area contributed by atoms with E-state index in [2.05, 4.69) is 19.2 Å². The molecule has 0 unspecified atom stereocenters. The Kier molecular flexibility index (Phi) is 7.06. The van der Waals surface area contributed by atoms with Gasteiger partial charge in [-0.3, -0.25) is 9.59 Å². The number of nitrogens with zero attached hydrogens (tertiary/aromatic N) is 1. The fourth-order valence-corrected chi connectivity index (χ4v) is 3.14. The van der Waals surface area contributed by atoms with E-state index in [0.717, 1.165) is 11.3 Å². The third-order valence-electron chi connectivity index (χ3n) is 4.00. The smallest absolute Gasteiger partial charge is 0.226 e. The molecule has 1 N–H and O–H groups in total. The van der Waals surface area contributed by atoms with Crippen molar-refractivity contribution in [1.82, 2.24) is 0 Å². The number of anilines is 2. The highest BCUT2D eigenvalue weighted by Gasteiger charge is 2.18. The van der Waals surface area contributed by atoms with Gasteiger partial charge in [-0.15, -0.1) is 0 Å². The molecule has 26 heavy (non-hydrogen) atoms. The van der Waals surface area contributed by atoms with Crippen molar-refractivity contribution in [3.8, 4) is 0 Å². The number of rotatable bonds is 6. The van der Waals surface area contributed by atoms with Crippen molar-refractivity contribution in [1.29, 1.82) is 0 Å². The van der Waals surface area contributed by atoms with Gasteiger partial charge in [0.2, 0.25) is 11.8 Å². The van der Waals surface area contributed by atoms with E-state index in [9.17, 15) is 9.59 Å². The molecule has 0 saturated carbocycles. The quantitative estimate of drug-likeness (QED) is 0.705. The molecule has 4 nitrogen and oxygen atoms in total. The average molecular weight is 393 g/mol. The number of para-hydroxylation sites is 1. The Morgan fingerprint density at radius 1 is 1.12 bits per heavy atom. The van der Waals surface area contributed by atoms with Crippen molar-refractivity contribution < 1.29 is 9.59 Å². The van der Waals surface area contributed by atoms with Gasteiger partial charge in [0.25, 0.3) is 0 Å². The first kappa shape index (κ1) is 20.3. The van der Waals surface area contributed by atoms with Crippen molar-refractivity contribution in [3.05, 3.63) is 58.1 Å². The fraction of sp³-hybridized carbons (Fsp3) is 0.300. The molecule has 0 atom stereocenters. The summed E-state index contributed by atoms with van der Waals surface area (Å²) in [6.07, 6.45) is 0.158. The summed E-state index contributed by atoms with van der Waals surface area (Å²) in [5, 5.41) is 3.63. The third-order valence-corrected chi connectivity index (χ3v) is 4.55. The van der Waals surface area contributed by atoms with Crippen LogP contribution in [0, 0.1) is 0 Å². The zero-order chi connectivity index (χ0) is 19.3. The Bertz CT molecular complexity index is 806. The highest BCUT2D eigenvalue weighted by molar-refractivity contribution is 6.36. The minimum absolute atomic E-state index is 0.101. The zero-order valence-corrected chi connectivity index (χ0v) is 16.6. The SMILES string of the molecule is CC(=O)N(CCC(=O)Nc1ccc(Cl)cc1Cl)c1ccccc1C(C)C. The molecule has 0 saturated heterocycles. The third kappa shape index (κ3) is 5.23. The van der Waals surface area contributed by atoms with Gasteiger partial charge in [-0.1, -0.05) is 55.2 Å². The van der Waals surface area contributed by atoms with Crippen molar-refractivity contribution in [2.75, 3.05) is 16.8 Å². The Hall–Kier alpha value is -2.04. The molecule has 0 aliphatic heterocycles. The van der Waals surface area contributed by atoms with E-state index in [-0.39, 0.29) is 30.7 Å². The second kappa shape index (κ2) is 9.06. The maximum atomic E-state index is 12.3. The largest absolute Gasteiger partial charge is 0.325 e. The molecule has 138 valence electrons. The summed E-state index contributed by atoms with van der Waals surface area (Å²) in [7, 11) is 0. The number of benzene rings is 2. The van der Waals surface area contributed by atoms with E-state index < -0.39 is 0 Å². The van der Waals surface area contributed by atoms with Crippen molar-refractivity contribution in [2.45, 2.75) is 33.1 Å². The Balaban J connectivity index is 2.09. The lowest BCUT2D eigenvalue weighted by atomic mass is 10.0. The second-order valence-electron chi connectivity index (χ2n) is 6.31. The minimum atomic E-state index is -0.220. The van der Waals surface area contributed by atoms with E-state index in [1.54, 1.807) is 23.1 Å². The van der Waals surface area contributed by atoms with Gasteiger partial charge >= 0.3 is 0 Å². The Morgan fingerprint density at radius 2 is 1.81 bits per heavy atom. The van der Waals surface area contributed by atoms with Gasteiger partial charge in [-0.05, 0) is 35.7 Å². The van der Waals surface area contributed by atoms with Gasteiger partial charge in [-0.25, -0.2) is 0 Å². The molecule has 0 aromatic heterocycles. The van der Waals surface area contributed by atoms with Crippen LogP contribution in [0.3, 0.4) is 0 Å². The average Bonchev–Trinajstić information content (AvgIpc) is 2.57. The number of nitrogens with one attached hydrogen (secondary N) is 1. The van der Waals surface area contributed by atoms with Gasteiger partial charge in [0.05, 0.1) is 10.7 Å². The lowest BCUT2D eigenvalue weighted by Gasteiger charge is -2.25. The number of halogens is 2. The van der Waals surface area contributed by atoms with Crippen molar-refractivity contribution in [3.63, 3.8) is 0 Å². The molecule has 2 rings (SSSR count). The first-order chi connectivity index (χ1) is 12.3. The molecule has 0 aliphatic carbocycles. The second-order valence-corrected chi connectivity index (χ2v) is 7.15. The van der Waals surface area contributed by atoms with Gasteiger partial charge in [0, 0.05) is 30.6 Å². The fourth-order valence-electron chi connectivity index (χ4n) is 2.69. The van der Waals surface area contributed by atoms with Crippen LogP contribution < -0.4 is 10.2 Å². The molecule has 0 aliphatic rings. The maximum absolute atomic E-state index is 12.3. The molecular weight excluding hydrogens is 371 g/mol. The van der Waals surface area contributed by atoms with E-state index in [0.29, 0.717) is 15.7 Å². The van der Waals surface area contributed by atoms with Crippen molar-refractivity contribution >= 4 is 46.4 Å². The molecular formula is C20H22Cl2N2O2. The van der Waals surface area contributed by atoms with E-state index in [1.165, 1.54) is 6.92 Å². The number of hydrogen-bond donors (Lipinski definition) is 1. The van der Waals surface area contributed by atoms with Crippen LogP contribution in [-0.4, -0.2) is 18.4 Å². The predicted octanol–water partition coefficient (Wildman–Crippen LogP) is 5.50. The van der Waals surface area contributed by atoms with Gasteiger partial charge in [0.1, 0.15) is 0 Å². The van der Waals surface area contributed by atoms with Crippen LogP contribution in [0.25, 0.3) is 0 Å². The van der Waals surface area contributed by atoms with E-state index in [1.807, 2.05) is 24.3 Å². The number of carbonyl (C=O) groups is 2. The van der Waals surface area contributed by atoms with Crippen LogP contribution in [0.15, 0.2) is 42.5 Å². The van der Waals surface area contributed by atoms with Crippen LogP contribution >= 0.6 is 23.2 Å². The minimum Gasteiger partial charge on any atom is -0.325 e. The highest BCUT2D eigenvalue weighted by atomic mass is 35.5. The molecule has 0 bridgehead atoms. The summed E-state index contributed by atoms with van der Waals surface area (Å²) in [6, 6.07) is 12.6. The summed E-state index contributed by atoms with van der Waals surface area (Å²) >= 11 is 11.9. The standard InChI is InChI=1S/C20H22Cl2N2O2/c1-13(2)16-6-4-5-7-19(16)24(14(3)25)11-10-20(26)23-18-9-8-15(21)12-17(18)22/h4-9,12-13H,10-11H2,1-3H3,(H,23,26). The van der Waals surface area contributed by atoms with E-state index >= 15 is 0 Å². The van der Waals surface area contributed by atoms with Crippen LogP contribution in [0.5, 0.6) is 0 Å². The Labute approximate surface area is 164 Å². The molecule has 0 heterocycles. The summed E-state index contributed by atoms with van der Waals surface area (Å²) < 4.78 is 0. The van der Waals surface area contributed by atoms with Gasteiger partial charge in [-0.2, -0.15) is 0 Å². The number of carbonyl (C=O) groups excluding carboxylic acids is 2. The Morgan fingerprint density at radius 3 is 2.42 bits per heavy atom. The summed E-state index contributed by atoms with van der Waals surface area (Å²) in [5.74, 6) is -0.0484. The van der Waals surface area contributed by atoms with Gasteiger partial charge in [0.15, 0.2) is 0 Å². The van der Waals surface area contributed by atoms with E-state index in [4.69, 9.17) is 23.2 Å². The molecule has 0 radical (unpaired) electrons. The summed E-state index contributed by atoms with van der Waals surface area (Å²) in [4.78, 5) is 26.1. The molecule has 2 amide bonds. The molecule has 2 aromatic carbocycles. The highest BCUT2D eigenvalue weighted by Crippen LogP contribution is 2.28. The van der Waals surface area contributed by atoms with Gasteiger partial charge < -0.3 is 10.2 Å². The lowest BCUT2D eigenvalue weighted by Crippen LogP contribution is -2.32. The zero-order valence-electron chi connectivity index (χ0n) is 15.1. The number of amides is 2. The summed E-state index contributed by atoms with van der Waals surface area (Å²) in [6.45, 7) is 5.94.